The fraction of sp³-hybridized carbons (Fsp3) is 0.385. The third-order valence-electron chi connectivity index (χ3n) is 2.58. The van der Waals surface area contributed by atoms with Gasteiger partial charge in [0.1, 0.15) is 0 Å². The number of amides is 1. The van der Waals surface area contributed by atoms with Gasteiger partial charge in [-0.2, -0.15) is 0 Å². The first kappa shape index (κ1) is 13.2. The van der Waals surface area contributed by atoms with Gasteiger partial charge in [-0.3, -0.25) is 4.79 Å². The molecule has 4 heteroatoms. The summed E-state index contributed by atoms with van der Waals surface area (Å²) in [5.74, 6) is 0.0952. The number of carbonyl (C=O) groups is 1. The van der Waals surface area contributed by atoms with Crippen LogP contribution < -0.4 is 5.73 Å². The summed E-state index contributed by atoms with van der Waals surface area (Å²) >= 11 is 0. The minimum absolute atomic E-state index is 0.454. The molecule has 1 rings (SSSR count). The van der Waals surface area contributed by atoms with Gasteiger partial charge in [0.25, 0.3) is 0 Å². The minimum Gasteiger partial charge on any atom is -0.411 e. The van der Waals surface area contributed by atoms with Gasteiger partial charge in [0.2, 0.25) is 5.91 Å². The molecule has 1 aromatic rings. The normalized spacial score (nSPS) is 11.8. The predicted molar refractivity (Wildman–Crippen MR) is 67.4 cm³/mol. The van der Waals surface area contributed by atoms with Gasteiger partial charge in [-0.05, 0) is 36.5 Å². The molecule has 3 N–H and O–H groups in total. The van der Waals surface area contributed by atoms with Crippen LogP contribution >= 0.6 is 0 Å². The van der Waals surface area contributed by atoms with E-state index < -0.39 is 5.91 Å². The van der Waals surface area contributed by atoms with Gasteiger partial charge in [0.15, 0.2) is 0 Å². The van der Waals surface area contributed by atoms with Crippen LogP contribution in [0.2, 0.25) is 0 Å². The van der Waals surface area contributed by atoms with Gasteiger partial charge in [0.05, 0.1) is 5.71 Å². The van der Waals surface area contributed by atoms with E-state index in [9.17, 15) is 4.79 Å². The molecule has 0 saturated heterocycles. The van der Waals surface area contributed by atoms with Crippen molar-refractivity contribution in [2.24, 2.45) is 16.8 Å². The molecule has 4 nitrogen and oxygen atoms in total. The zero-order chi connectivity index (χ0) is 12.8. The molecule has 1 aromatic carbocycles. The highest BCUT2D eigenvalue weighted by Gasteiger charge is 2.07. The van der Waals surface area contributed by atoms with Crippen LogP contribution in [0.5, 0.6) is 0 Å². The van der Waals surface area contributed by atoms with Crippen LogP contribution in [-0.4, -0.2) is 16.8 Å². The van der Waals surface area contributed by atoms with E-state index in [0.29, 0.717) is 23.6 Å². The first-order valence-corrected chi connectivity index (χ1v) is 5.65. The molecule has 0 aliphatic rings. The molecule has 0 atom stereocenters. The fourth-order valence-corrected chi connectivity index (χ4v) is 1.50. The third-order valence-corrected chi connectivity index (χ3v) is 2.58. The van der Waals surface area contributed by atoms with Crippen molar-refractivity contribution in [3.63, 3.8) is 0 Å². The van der Waals surface area contributed by atoms with Crippen molar-refractivity contribution in [3.05, 3.63) is 35.4 Å². The van der Waals surface area contributed by atoms with E-state index in [1.54, 1.807) is 24.3 Å². The van der Waals surface area contributed by atoms with E-state index in [4.69, 9.17) is 10.9 Å². The van der Waals surface area contributed by atoms with Crippen LogP contribution in [0.4, 0.5) is 0 Å². The van der Waals surface area contributed by atoms with Crippen LogP contribution in [0.25, 0.3) is 0 Å². The van der Waals surface area contributed by atoms with Gasteiger partial charge in [0, 0.05) is 5.56 Å². The molecular weight excluding hydrogens is 216 g/mol. The summed E-state index contributed by atoms with van der Waals surface area (Å²) in [5.41, 5.74) is 7.06. The Bertz CT molecular complexity index is 408. The predicted octanol–water partition coefficient (Wildman–Crippen LogP) is 2.40. The standard InChI is InChI=1S/C13H18N2O2/c1-9(2)3-8-12(15-17)10-4-6-11(7-5-10)13(14)16/h4-7,9,17H,3,8H2,1-2H3,(H2,14,16)/b15-12-. The van der Waals surface area contributed by atoms with Crippen molar-refractivity contribution in [2.45, 2.75) is 26.7 Å². The number of oxime groups is 1. The quantitative estimate of drug-likeness (QED) is 0.466. The van der Waals surface area contributed by atoms with Crippen molar-refractivity contribution in [3.8, 4) is 0 Å². The Hall–Kier alpha value is -1.84. The SMILES string of the molecule is CC(C)CC/C(=N/O)c1ccc(C(N)=O)cc1. The molecule has 1 amide bonds. The maximum atomic E-state index is 10.9. The molecule has 0 radical (unpaired) electrons. The molecule has 0 saturated carbocycles. The number of primary amides is 1. The molecular formula is C13H18N2O2. The second-order valence-corrected chi connectivity index (χ2v) is 4.42. The fourth-order valence-electron chi connectivity index (χ4n) is 1.50. The molecule has 0 fully saturated rings. The summed E-state index contributed by atoms with van der Waals surface area (Å²) in [6.45, 7) is 4.23. The third kappa shape index (κ3) is 3.90. The summed E-state index contributed by atoms with van der Waals surface area (Å²) < 4.78 is 0. The average molecular weight is 234 g/mol. The van der Waals surface area contributed by atoms with Crippen molar-refractivity contribution in [2.75, 3.05) is 0 Å². The minimum atomic E-state index is -0.457. The van der Waals surface area contributed by atoms with Gasteiger partial charge >= 0.3 is 0 Å². The van der Waals surface area contributed by atoms with Crippen molar-refractivity contribution < 1.29 is 10.0 Å². The van der Waals surface area contributed by atoms with Crippen molar-refractivity contribution in [1.29, 1.82) is 0 Å². The number of benzene rings is 1. The number of nitrogens with zero attached hydrogens (tertiary/aromatic N) is 1. The molecule has 0 spiro atoms. The monoisotopic (exact) mass is 234 g/mol. The summed E-state index contributed by atoms with van der Waals surface area (Å²) in [4.78, 5) is 10.9. The highest BCUT2D eigenvalue weighted by Crippen LogP contribution is 2.12. The lowest BCUT2D eigenvalue weighted by Gasteiger charge is -2.07. The molecule has 0 aliphatic carbocycles. The summed E-state index contributed by atoms with van der Waals surface area (Å²) in [6.07, 6.45) is 1.67. The zero-order valence-electron chi connectivity index (χ0n) is 10.2. The Balaban J connectivity index is 2.80. The van der Waals surface area contributed by atoms with Crippen LogP contribution in [0.1, 0.15) is 42.6 Å². The van der Waals surface area contributed by atoms with Gasteiger partial charge in [-0.1, -0.05) is 31.1 Å². The molecule has 0 bridgehead atoms. The molecule has 92 valence electrons. The Morgan fingerprint density at radius 2 is 1.82 bits per heavy atom. The van der Waals surface area contributed by atoms with E-state index in [-0.39, 0.29) is 0 Å². The van der Waals surface area contributed by atoms with E-state index in [1.807, 2.05) is 0 Å². The molecule has 0 aliphatic heterocycles. The Morgan fingerprint density at radius 3 is 2.24 bits per heavy atom. The van der Waals surface area contributed by atoms with E-state index in [0.717, 1.165) is 12.0 Å². The highest BCUT2D eigenvalue weighted by atomic mass is 16.4. The summed E-state index contributed by atoms with van der Waals surface area (Å²) in [7, 11) is 0. The molecule has 0 aromatic heterocycles. The lowest BCUT2D eigenvalue weighted by atomic mass is 10.00. The molecule has 0 heterocycles. The maximum Gasteiger partial charge on any atom is 0.248 e. The lowest BCUT2D eigenvalue weighted by Crippen LogP contribution is -2.11. The summed E-state index contributed by atoms with van der Waals surface area (Å²) in [5, 5.41) is 12.3. The van der Waals surface area contributed by atoms with Crippen LogP contribution in [-0.2, 0) is 0 Å². The molecule has 0 unspecified atom stereocenters. The number of hydrogen-bond donors (Lipinski definition) is 2. The lowest BCUT2D eigenvalue weighted by molar-refractivity contribution is 0.100. The Morgan fingerprint density at radius 1 is 1.29 bits per heavy atom. The zero-order valence-corrected chi connectivity index (χ0v) is 10.2. The topological polar surface area (TPSA) is 75.7 Å². The average Bonchev–Trinajstić information content (AvgIpc) is 2.30. The second-order valence-electron chi connectivity index (χ2n) is 4.42. The van der Waals surface area contributed by atoms with Gasteiger partial charge in [-0.25, -0.2) is 0 Å². The molecule has 17 heavy (non-hydrogen) atoms. The first-order valence-electron chi connectivity index (χ1n) is 5.65. The van der Waals surface area contributed by atoms with E-state index in [1.165, 1.54) is 0 Å². The van der Waals surface area contributed by atoms with E-state index in [2.05, 4.69) is 19.0 Å². The number of hydrogen-bond acceptors (Lipinski definition) is 3. The smallest absolute Gasteiger partial charge is 0.248 e. The van der Waals surface area contributed by atoms with Crippen molar-refractivity contribution in [1.82, 2.24) is 0 Å². The van der Waals surface area contributed by atoms with Gasteiger partial charge < -0.3 is 10.9 Å². The first-order chi connectivity index (χ1) is 8.04. The Kier molecular flexibility index (Phi) is 4.69. The van der Waals surface area contributed by atoms with Crippen LogP contribution in [0, 0.1) is 5.92 Å². The maximum absolute atomic E-state index is 10.9. The summed E-state index contributed by atoms with van der Waals surface area (Å²) in [6, 6.07) is 6.77. The second kappa shape index (κ2) is 6.03. The Labute approximate surface area is 101 Å². The number of carbonyl (C=O) groups excluding carboxylic acids is 1. The van der Waals surface area contributed by atoms with E-state index >= 15 is 0 Å². The van der Waals surface area contributed by atoms with Crippen LogP contribution in [0.3, 0.4) is 0 Å². The van der Waals surface area contributed by atoms with Crippen molar-refractivity contribution >= 4 is 11.6 Å². The largest absolute Gasteiger partial charge is 0.411 e. The van der Waals surface area contributed by atoms with Crippen LogP contribution in [0.15, 0.2) is 29.4 Å². The highest BCUT2D eigenvalue weighted by molar-refractivity contribution is 6.01. The number of rotatable bonds is 5. The van der Waals surface area contributed by atoms with Gasteiger partial charge in [-0.15, -0.1) is 0 Å². The number of nitrogens with two attached hydrogens (primary N) is 1.